The average Bonchev–Trinajstić information content (AvgIpc) is 2.38. The normalized spacial score (nSPS) is 10.7. The van der Waals surface area contributed by atoms with Gasteiger partial charge in [0.05, 0.1) is 0 Å². The summed E-state index contributed by atoms with van der Waals surface area (Å²) in [4.78, 5) is 10.8. The van der Waals surface area contributed by atoms with Gasteiger partial charge in [-0.1, -0.05) is 30.3 Å². The summed E-state index contributed by atoms with van der Waals surface area (Å²) < 4.78 is 1.70. The molecule has 90 valence electrons. The average molecular weight is 240 g/mol. The highest BCUT2D eigenvalue weighted by molar-refractivity contribution is 5.67. The van der Waals surface area contributed by atoms with E-state index in [1.807, 2.05) is 60.7 Å². The van der Waals surface area contributed by atoms with E-state index in [9.17, 15) is 4.79 Å². The lowest BCUT2D eigenvalue weighted by Crippen LogP contribution is -2.40. The Balaban J connectivity index is 2.23. The Kier molecular flexibility index (Phi) is 3.86. The predicted molar refractivity (Wildman–Crippen MR) is 69.6 cm³/mol. The zero-order chi connectivity index (χ0) is 12.8. The van der Waals surface area contributed by atoms with Crippen molar-refractivity contribution in [1.82, 2.24) is 0 Å². The van der Waals surface area contributed by atoms with Crippen molar-refractivity contribution in [1.29, 1.82) is 0 Å². The number of rotatable bonds is 4. The van der Waals surface area contributed by atoms with Crippen molar-refractivity contribution in [2.75, 3.05) is 0 Å². The van der Waals surface area contributed by atoms with Crippen molar-refractivity contribution in [3.63, 3.8) is 0 Å². The van der Waals surface area contributed by atoms with Gasteiger partial charge in [-0.3, -0.25) is 0 Å². The van der Waals surface area contributed by atoms with Gasteiger partial charge in [0.25, 0.3) is 0 Å². The van der Waals surface area contributed by atoms with E-state index < -0.39 is 5.97 Å². The van der Waals surface area contributed by atoms with Crippen molar-refractivity contribution in [3.05, 3.63) is 66.0 Å². The van der Waals surface area contributed by atoms with E-state index in [1.165, 1.54) is 0 Å². The number of pyridine rings is 1. The van der Waals surface area contributed by atoms with Gasteiger partial charge in [0.15, 0.2) is 6.20 Å². The Bertz CT molecular complexity index is 562. The van der Waals surface area contributed by atoms with Gasteiger partial charge >= 0.3 is 5.97 Å². The zero-order valence-electron chi connectivity index (χ0n) is 9.86. The molecule has 2 aromatic rings. The Morgan fingerprint density at radius 3 is 2.50 bits per heavy atom. The van der Waals surface area contributed by atoms with Crippen LogP contribution < -0.4 is 4.57 Å². The second kappa shape index (κ2) is 5.77. The standard InChI is InChI=1S/C15H13NO2/c17-15(18)12-16-11-5-4-8-14(16)10-9-13-6-2-1-3-7-13/h1-11H,12H2/p+1/b10-9+. The molecule has 0 atom stereocenters. The van der Waals surface area contributed by atoms with Gasteiger partial charge in [-0.05, 0) is 17.7 Å². The first-order valence-electron chi connectivity index (χ1n) is 5.69. The van der Waals surface area contributed by atoms with Gasteiger partial charge in [-0.15, -0.1) is 0 Å². The van der Waals surface area contributed by atoms with Crippen molar-refractivity contribution in [2.24, 2.45) is 0 Å². The molecule has 0 bridgehead atoms. The molecule has 18 heavy (non-hydrogen) atoms. The lowest BCUT2D eigenvalue weighted by atomic mass is 10.2. The minimum absolute atomic E-state index is 0.0324. The zero-order valence-corrected chi connectivity index (χ0v) is 9.86. The molecule has 1 N–H and O–H groups in total. The molecule has 2 rings (SSSR count). The number of hydrogen-bond acceptors (Lipinski definition) is 1. The van der Waals surface area contributed by atoms with E-state index in [4.69, 9.17) is 5.11 Å². The molecule has 0 amide bonds. The number of carbonyl (C=O) groups is 1. The summed E-state index contributed by atoms with van der Waals surface area (Å²) in [6.45, 7) is -0.0324. The van der Waals surface area contributed by atoms with Crippen LogP contribution in [-0.2, 0) is 11.3 Å². The summed E-state index contributed by atoms with van der Waals surface area (Å²) in [6.07, 6.45) is 5.64. The van der Waals surface area contributed by atoms with Crippen LogP contribution in [0.1, 0.15) is 11.3 Å². The van der Waals surface area contributed by atoms with Crippen LogP contribution in [0.3, 0.4) is 0 Å². The first-order valence-corrected chi connectivity index (χ1v) is 5.69. The summed E-state index contributed by atoms with van der Waals surface area (Å²) >= 11 is 0. The summed E-state index contributed by atoms with van der Waals surface area (Å²) in [5, 5.41) is 8.83. The highest BCUT2D eigenvalue weighted by atomic mass is 16.4. The third-order valence-corrected chi connectivity index (χ3v) is 2.53. The molecular formula is C15H14NO2+. The maximum Gasteiger partial charge on any atom is 0.370 e. The fraction of sp³-hybridized carbons (Fsp3) is 0.0667. The lowest BCUT2D eigenvalue weighted by Gasteiger charge is -1.97. The molecule has 0 radical (unpaired) electrons. The van der Waals surface area contributed by atoms with Crippen LogP contribution in [0.15, 0.2) is 54.7 Å². The summed E-state index contributed by atoms with van der Waals surface area (Å²) in [5.74, 6) is -0.847. The summed E-state index contributed by atoms with van der Waals surface area (Å²) in [5.41, 5.74) is 1.95. The van der Waals surface area contributed by atoms with Crippen molar-refractivity contribution >= 4 is 18.1 Å². The summed E-state index contributed by atoms with van der Waals surface area (Å²) in [6, 6.07) is 15.5. The van der Waals surface area contributed by atoms with Crippen molar-refractivity contribution < 1.29 is 14.5 Å². The molecule has 0 saturated carbocycles. The Morgan fingerprint density at radius 2 is 1.78 bits per heavy atom. The number of aliphatic carboxylic acids is 1. The topological polar surface area (TPSA) is 41.2 Å². The number of hydrogen-bond donors (Lipinski definition) is 1. The minimum atomic E-state index is -0.847. The second-order valence-electron chi connectivity index (χ2n) is 3.89. The highest BCUT2D eigenvalue weighted by Gasteiger charge is 2.10. The monoisotopic (exact) mass is 240 g/mol. The molecule has 0 aliphatic heterocycles. The van der Waals surface area contributed by atoms with Crippen LogP contribution in [0, 0.1) is 0 Å². The maximum absolute atomic E-state index is 10.8. The molecule has 0 fully saturated rings. The molecule has 1 aromatic carbocycles. The number of carboxylic acids is 1. The molecule has 0 saturated heterocycles. The molecule has 0 aliphatic carbocycles. The third kappa shape index (κ3) is 3.28. The van der Waals surface area contributed by atoms with Crippen LogP contribution in [0.2, 0.25) is 0 Å². The van der Waals surface area contributed by atoms with E-state index in [0.29, 0.717) is 0 Å². The SMILES string of the molecule is O=C(O)C[n+]1ccccc1/C=C/c1ccccc1. The molecule has 0 spiro atoms. The molecule has 3 nitrogen and oxygen atoms in total. The number of nitrogens with zero attached hydrogens (tertiary/aromatic N) is 1. The van der Waals surface area contributed by atoms with Gasteiger partial charge in [-0.2, -0.15) is 4.57 Å². The van der Waals surface area contributed by atoms with Crippen LogP contribution in [-0.4, -0.2) is 11.1 Å². The first-order chi connectivity index (χ1) is 8.75. The van der Waals surface area contributed by atoms with Crippen molar-refractivity contribution in [2.45, 2.75) is 6.54 Å². The van der Waals surface area contributed by atoms with Crippen molar-refractivity contribution in [3.8, 4) is 0 Å². The minimum Gasteiger partial charge on any atom is -0.477 e. The highest BCUT2D eigenvalue weighted by Crippen LogP contribution is 2.04. The van der Waals surface area contributed by atoms with Crippen LogP contribution in [0.25, 0.3) is 12.2 Å². The molecule has 0 unspecified atom stereocenters. The number of carboxylic acid groups (broad SMARTS) is 1. The number of aromatic nitrogens is 1. The van der Waals surface area contributed by atoms with E-state index >= 15 is 0 Å². The smallest absolute Gasteiger partial charge is 0.370 e. The van der Waals surface area contributed by atoms with Gasteiger partial charge < -0.3 is 5.11 Å². The van der Waals surface area contributed by atoms with Gasteiger partial charge in [0.2, 0.25) is 12.2 Å². The predicted octanol–water partition coefficient (Wildman–Crippen LogP) is 2.23. The Hall–Kier alpha value is -2.42. The van der Waals surface area contributed by atoms with E-state index in [1.54, 1.807) is 10.8 Å². The van der Waals surface area contributed by atoms with E-state index in [2.05, 4.69) is 0 Å². The molecule has 1 heterocycles. The number of benzene rings is 1. The second-order valence-corrected chi connectivity index (χ2v) is 3.89. The van der Waals surface area contributed by atoms with E-state index in [-0.39, 0.29) is 6.54 Å². The maximum atomic E-state index is 10.8. The lowest BCUT2D eigenvalue weighted by molar-refractivity contribution is -0.687. The largest absolute Gasteiger partial charge is 0.477 e. The van der Waals surface area contributed by atoms with Gasteiger partial charge in [-0.25, -0.2) is 4.79 Å². The van der Waals surface area contributed by atoms with E-state index in [0.717, 1.165) is 11.3 Å². The Labute approximate surface area is 106 Å². The third-order valence-electron chi connectivity index (χ3n) is 2.53. The van der Waals surface area contributed by atoms with Crippen LogP contribution >= 0.6 is 0 Å². The summed E-state index contributed by atoms with van der Waals surface area (Å²) in [7, 11) is 0. The fourth-order valence-corrected chi connectivity index (χ4v) is 1.68. The van der Waals surface area contributed by atoms with Gasteiger partial charge in [0.1, 0.15) is 0 Å². The molecule has 3 heteroatoms. The van der Waals surface area contributed by atoms with Crippen LogP contribution in [0.5, 0.6) is 0 Å². The van der Waals surface area contributed by atoms with Crippen LogP contribution in [0.4, 0.5) is 0 Å². The molecular weight excluding hydrogens is 226 g/mol. The molecule has 0 aliphatic rings. The fourth-order valence-electron chi connectivity index (χ4n) is 1.68. The first kappa shape index (κ1) is 12.0. The molecule has 1 aromatic heterocycles. The quantitative estimate of drug-likeness (QED) is 0.833. The Morgan fingerprint density at radius 1 is 1.06 bits per heavy atom. The van der Waals surface area contributed by atoms with Gasteiger partial charge in [0, 0.05) is 18.2 Å².